The average molecular weight is 447 g/mol. The summed E-state index contributed by atoms with van der Waals surface area (Å²) in [5.74, 6) is 0.944. The van der Waals surface area contributed by atoms with Crippen LogP contribution in [0.1, 0.15) is 67.2 Å². The highest BCUT2D eigenvalue weighted by Gasteiger charge is 2.55. The molecule has 0 bridgehead atoms. The molecule has 3 heterocycles. The smallest absolute Gasteiger partial charge is 0.163 e. The second kappa shape index (κ2) is 7.49. The largest absolute Gasteiger partial charge is 0.465 e. The number of ether oxygens (including phenoxy) is 5. The van der Waals surface area contributed by atoms with Crippen LogP contribution < -0.4 is 0 Å². The van der Waals surface area contributed by atoms with Gasteiger partial charge in [-0.25, -0.2) is 0 Å². The highest BCUT2D eigenvalue weighted by molar-refractivity contribution is 6.04. The number of fused-ring (bicyclic) bond motifs is 1. The first-order valence-corrected chi connectivity index (χ1v) is 11.7. The molecule has 5 rings (SSSR count). The van der Waals surface area contributed by atoms with Crippen LogP contribution in [0.4, 0.5) is 0 Å². The van der Waals surface area contributed by atoms with Crippen molar-refractivity contribution in [3.05, 3.63) is 22.7 Å². The Hall–Kier alpha value is -1.54. The van der Waals surface area contributed by atoms with Crippen LogP contribution in [0.15, 0.2) is 22.7 Å². The lowest BCUT2D eigenvalue weighted by atomic mass is 9.65. The first-order valence-electron chi connectivity index (χ1n) is 11.7. The van der Waals surface area contributed by atoms with Gasteiger partial charge in [-0.15, -0.1) is 0 Å². The number of Topliss-reactive ketones (excluding diaryl/α,β-unsaturated/α-hetero) is 2. The summed E-state index contributed by atoms with van der Waals surface area (Å²) < 4.78 is 30.4. The lowest BCUT2D eigenvalue weighted by Crippen LogP contribution is -2.60. The van der Waals surface area contributed by atoms with E-state index in [4.69, 9.17) is 23.7 Å². The van der Waals surface area contributed by atoms with Gasteiger partial charge in [0.1, 0.15) is 29.8 Å². The van der Waals surface area contributed by atoms with Gasteiger partial charge in [-0.1, -0.05) is 27.7 Å². The van der Waals surface area contributed by atoms with Crippen LogP contribution in [0.3, 0.4) is 0 Å². The van der Waals surface area contributed by atoms with Crippen LogP contribution in [-0.4, -0.2) is 49.1 Å². The lowest BCUT2D eigenvalue weighted by Gasteiger charge is -2.50. The van der Waals surface area contributed by atoms with Crippen LogP contribution in [-0.2, 0) is 33.3 Å². The maximum absolute atomic E-state index is 13.5. The molecule has 176 valence electrons. The molecule has 0 aromatic heterocycles. The van der Waals surface area contributed by atoms with Gasteiger partial charge in [-0.2, -0.15) is 0 Å². The molecule has 0 aromatic carbocycles. The molecule has 7 nitrogen and oxygen atoms in total. The van der Waals surface area contributed by atoms with E-state index in [1.807, 2.05) is 13.8 Å². The van der Waals surface area contributed by atoms with E-state index in [1.54, 1.807) is 0 Å². The fourth-order valence-electron chi connectivity index (χ4n) is 5.98. The van der Waals surface area contributed by atoms with Crippen LogP contribution in [0.2, 0.25) is 0 Å². The van der Waals surface area contributed by atoms with Crippen LogP contribution in [0, 0.1) is 16.7 Å². The molecular formula is C25H34O7. The van der Waals surface area contributed by atoms with Gasteiger partial charge in [0.2, 0.25) is 0 Å². The standard InChI is InChI=1S/C25H34O7/c1-12-28-11-18-22(30-12)23(31-13(2)29-18)21-19-14(26)7-24(3,4)9-16(19)32-17-10-25(5,6)8-15(27)20(17)21/h12-13,18,21-23H,7-11H2,1-6H3/t12-,13+,18+,22+,23-/m0/s1. The molecule has 0 aromatic rings. The predicted octanol–water partition coefficient (Wildman–Crippen LogP) is 3.81. The van der Waals surface area contributed by atoms with Crippen molar-refractivity contribution >= 4 is 11.6 Å². The van der Waals surface area contributed by atoms with E-state index in [0.29, 0.717) is 55.0 Å². The summed E-state index contributed by atoms with van der Waals surface area (Å²) in [5.41, 5.74) is 0.805. The molecule has 0 amide bonds. The van der Waals surface area contributed by atoms with Gasteiger partial charge < -0.3 is 23.7 Å². The number of carbonyl (C=O) groups is 2. The summed E-state index contributed by atoms with van der Waals surface area (Å²) >= 11 is 0. The summed E-state index contributed by atoms with van der Waals surface area (Å²) in [6, 6.07) is 0. The fraction of sp³-hybridized carbons (Fsp3) is 0.760. The van der Waals surface area contributed by atoms with Crippen molar-refractivity contribution in [1.29, 1.82) is 0 Å². The van der Waals surface area contributed by atoms with E-state index in [0.717, 1.165) is 0 Å². The topological polar surface area (TPSA) is 80.3 Å². The second-order valence-corrected chi connectivity index (χ2v) is 11.5. The molecule has 0 radical (unpaired) electrons. The molecule has 2 aliphatic carbocycles. The first kappa shape index (κ1) is 22.3. The highest BCUT2D eigenvalue weighted by atomic mass is 16.8. The molecule has 0 unspecified atom stereocenters. The Balaban J connectivity index is 1.64. The van der Waals surface area contributed by atoms with Crippen LogP contribution in [0.25, 0.3) is 0 Å². The van der Waals surface area contributed by atoms with Crippen molar-refractivity contribution in [2.75, 3.05) is 6.61 Å². The second-order valence-electron chi connectivity index (χ2n) is 11.5. The molecule has 5 atom stereocenters. The Kier molecular flexibility index (Phi) is 5.21. The normalized spacial score (nSPS) is 39.2. The van der Waals surface area contributed by atoms with Gasteiger partial charge >= 0.3 is 0 Å². The Morgan fingerprint density at radius 1 is 0.719 bits per heavy atom. The zero-order valence-corrected chi connectivity index (χ0v) is 19.9. The van der Waals surface area contributed by atoms with Crippen LogP contribution >= 0.6 is 0 Å². The number of hydrogen-bond acceptors (Lipinski definition) is 7. The molecule has 0 saturated carbocycles. The quantitative estimate of drug-likeness (QED) is 0.606. The van der Waals surface area contributed by atoms with Gasteiger partial charge in [0.05, 0.1) is 12.5 Å². The number of allylic oxidation sites excluding steroid dienone is 2. The molecule has 0 N–H and O–H groups in total. The first-order chi connectivity index (χ1) is 14.9. The van der Waals surface area contributed by atoms with Gasteiger partial charge in [0.15, 0.2) is 24.1 Å². The molecule has 5 aliphatic rings. The van der Waals surface area contributed by atoms with E-state index in [2.05, 4.69) is 27.7 Å². The molecule has 3 aliphatic heterocycles. The van der Waals surface area contributed by atoms with E-state index >= 15 is 0 Å². The third kappa shape index (κ3) is 3.77. The van der Waals surface area contributed by atoms with E-state index in [9.17, 15) is 9.59 Å². The van der Waals surface area contributed by atoms with Crippen molar-refractivity contribution in [3.63, 3.8) is 0 Å². The maximum atomic E-state index is 13.5. The summed E-state index contributed by atoms with van der Waals surface area (Å²) in [6.07, 6.45) is -0.0443. The van der Waals surface area contributed by atoms with E-state index in [-0.39, 0.29) is 28.5 Å². The number of hydrogen-bond donors (Lipinski definition) is 0. The zero-order chi connectivity index (χ0) is 23.0. The highest BCUT2D eigenvalue weighted by Crippen LogP contribution is 2.52. The molecule has 0 spiro atoms. The summed E-state index contributed by atoms with van der Waals surface area (Å²) in [6.45, 7) is 12.4. The van der Waals surface area contributed by atoms with Gasteiger partial charge in [0, 0.05) is 36.8 Å². The number of carbonyl (C=O) groups excluding carboxylic acids is 2. The minimum Gasteiger partial charge on any atom is -0.465 e. The molecule has 2 saturated heterocycles. The fourth-order valence-corrected chi connectivity index (χ4v) is 5.98. The summed E-state index contributed by atoms with van der Waals surface area (Å²) in [5, 5.41) is 0. The zero-order valence-electron chi connectivity index (χ0n) is 19.9. The molecule has 32 heavy (non-hydrogen) atoms. The summed E-state index contributed by atoms with van der Waals surface area (Å²) in [7, 11) is 0. The van der Waals surface area contributed by atoms with Crippen molar-refractivity contribution < 1.29 is 33.3 Å². The number of rotatable bonds is 1. The van der Waals surface area contributed by atoms with E-state index < -0.39 is 30.7 Å². The average Bonchev–Trinajstić information content (AvgIpc) is 2.64. The Morgan fingerprint density at radius 2 is 1.25 bits per heavy atom. The van der Waals surface area contributed by atoms with Crippen molar-refractivity contribution in [3.8, 4) is 0 Å². The van der Waals surface area contributed by atoms with Crippen molar-refractivity contribution in [2.24, 2.45) is 16.7 Å². The summed E-state index contributed by atoms with van der Waals surface area (Å²) in [4.78, 5) is 27.0. The van der Waals surface area contributed by atoms with Crippen molar-refractivity contribution in [1.82, 2.24) is 0 Å². The lowest BCUT2D eigenvalue weighted by molar-refractivity contribution is -0.354. The number of ketones is 2. The Labute approximate surface area is 189 Å². The van der Waals surface area contributed by atoms with Crippen LogP contribution in [0.5, 0.6) is 0 Å². The molecule has 7 heteroatoms. The van der Waals surface area contributed by atoms with Crippen molar-refractivity contribution in [2.45, 2.75) is 98.1 Å². The Bertz CT molecular complexity index is 859. The third-order valence-corrected chi connectivity index (χ3v) is 7.20. The monoisotopic (exact) mass is 446 g/mol. The van der Waals surface area contributed by atoms with Gasteiger partial charge in [-0.05, 0) is 24.7 Å². The molecule has 2 fully saturated rings. The van der Waals surface area contributed by atoms with Gasteiger partial charge in [0.25, 0.3) is 0 Å². The predicted molar refractivity (Wildman–Crippen MR) is 114 cm³/mol. The Morgan fingerprint density at radius 3 is 1.81 bits per heavy atom. The maximum Gasteiger partial charge on any atom is 0.163 e. The van der Waals surface area contributed by atoms with E-state index in [1.165, 1.54) is 0 Å². The van der Waals surface area contributed by atoms with Gasteiger partial charge in [-0.3, -0.25) is 9.59 Å². The third-order valence-electron chi connectivity index (χ3n) is 7.20. The minimum atomic E-state index is -0.524. The molecular weight excluding hydrogens is 412 g/mol. The SMILES string of the molecule is C[C@@H]1O[C@@H]2CO[C@H](C)O[C@H]2[C@H](C2C3=C(CC(C)(C)CC3=O)OC3=C2C(=O)CC(C)(C)C3)O1. The minimum absolute atomic E-state index is 0.0323.